The molecule has 1 fully saturated rings. The average Bonchev–Trinajstić information content (AvgIpc) is 3.35. The van der Waals surface area contributed by atoms with E-state index >= 15 is 0 Å². The Morgan fingerprint density at radius 3 is 2.40 bits per heavy atom. The Labute approximate surface area is 141 Å². The molecule has 0 atom stereocenters. The lowest BCUT2D eigenvalue weighted by molar-refractivity contribution is 0.0695. The van der Waals surface area contributed by atoms with Gasteiger partial charge in [0.2, 0.25) is 0 Å². The number of carboxylic acid groups (broad SMARTS) is 2. The normalized spacial score (nSPS) is 13.4. The molecule has 1 heterocycles. The summed E-state index contributed by atoms with van der Waals surface area (Å²) in [4.78, 5) is 37.4. The van der Waals surface area contributed by atoms with E-state index in [1.807, 2.05) is 0 Å². The second-order valence-electron chi connectivity index (χ2n) is 5.85. The van der Waals surface area contributed by atoms with Crippen LogP contribution in [0.25, 0.3) is 11.1 Å². The molecule has 130 valence electrons. The Morgan fingerprint density at radius 1 is 1.16 bits per heavy atom. The van der Waals surface area contributed by atoms with E-state index in [2.05, 4.69) is 4.98 Å². The Kier molecular flexibility index (Phi) is 4.18. The number of hydrogen-bond acceptors (Lipinski definition) is 5. The number of nitrogens with two attached hydrogens (primary N) is 1. The minimum atomic E-state index is -1.55. The third-order valence-corrected chi connectivity index (χ3v) is 4.00. The van der Waals surface area contributed by atoms with Crippen LogP contribution in [0.3, 0.4) is 0 Å². The molecule has 0 amide bonds. The molecule has 1 aliphatic carbocycles. The third kappa shape index (κ3) is 3.18. The van der Waals surface area contributed by atoms with Crippen LogP contribution in [0.5, 0.6) is 5.75 Å². The number of carboxylic acids is 2. The summed E-state index contributed by atoms with van der Waals surface area (Å²) >= 11 is 0. The van der Waals surface area contributed by atoms with Crippen LogP contribution in [0.4, 0.5) is 5.82 Å². The number of hydrogen-bond donors (Lipinski definition) is 4. The Hall–Kier alpha value is -3.29. The summed E-state index contributed by atoms with van der Waals surface area (Å²) < 4.78 is 5.73. The van der Waals surface area contributed by atoms with E-state index in [4.69, 9.17) is 10.5 Å². The lowest BCUT2D eigenvalue weighted by atomic mass is 9.94. The molecule has 5 N–H and O–H groups in total. The number of nitrogen functional groups attached to an aromatic ring is 1. The van der Waals surface area contributed by atoms with Crippen LogP contribution < -0.4 is 16.0 Å². The van der Waals surface area contributed by atoms with Crippen molar-refractivity contribution in [2.45, 2.75) is 12.8 Å². The number of para-hydroxylation sites is 1. The zero-order valence-corrected chi connectivity index (χ0v) is 13.1. The predicted octanol–water partition coefficient (Wildman–Crippen LogP) is 1.81. The molecule has 8 heteroatoms. The smallest absolute Gasteiger partial charge is 0.342 e. The highest BCUT2D eigenvalue weighted by Crippen LogP contribution is 2.37. The first-order valence-electron chi connectivity index (χ1n) is 7.64. The number of ether oxygens (including phenoxy) is 1. The van der Waals surface area contributed by atoms with Gasteiger partial charge in [-0.05, 0) is 24.8 Å². The molecular formula is C17H16N2O6. The molecule has 0 radical (unpaired) electrons. The van der Waals surface area contributed by atoms with E-state index in [1.54, 1.807) is 18.2 Å². The van der Waals surface area contributed by atoms with Crippen LogP contribution in [0, 0.1) is 5.92 Å². The number of aromatic amines is 1. The average molecular weight is 344 g/mol. The maximum Gasteiger partial charge on any atom is 0.342 e. The predicted molar refractivity (Wildman–Crippen MR) is 89.0 cm³/mol. The highest BCUT2D eigenvalue weighted by Gasteiger charge is 2.29. The molecule has 1 aromatic heterocycles. The molecule has 25 heavy (non-hydrogen) atoms. The van der Waals surface area contributed by atoms with E-state index in [0.29, 0.717) is 18.3 Å². The number of benzene rings is 1. The number of pyridine rings is 1. The second-order valence-corrected chi connectivity index (χ2v) is 5.85. The summed E-state index contributed by atoms with van der Waals surface area (Å²) in [7, 11) is 0. The molecule has 1 saturated carbocycles. The van der Waals surface area contributed by atoms with Crippen LogP contribution in [0.1, 0.15) is 33.6 Å². The van der Waals surface area contributed by atoms with Crippen molar-refractivity contribution in [2.75, 3.05) is 12.3 Å². The fraction of sp³-hybridized carbons (Fsp3) is 0.235. The van der Waals surface area contributed by atoms with Gasteiger partial charge >= 0.3 is 11.9 Å². The Bertz CT molecular complexity index is 914. The summed E-state index contributed by atoms with van der Waals surface area (Å²) in [6, 6.07) is 6.40. The van der Waals surface area contributed by atoms with Crippen LogP contribution in [-0.4, -0.2) is 33.7 Å². The highest BCUT2D eigenvalue weighted by atomic mass is 16.5. The van der Waals surface area contributed by atoms with Gasteiger partial charge in [-0.25, -0.2) is 9.59 Å². The molecule has 0 aliphatic heterocycles. The van der Waals surface area contributed by atoms with Gasteiger partial charge in [0, 0.05) is 11.1 Å². The number of carbonyl (C=O) groups is 2. The van der Waals surface area contributed by atoms with E-state index < -0.39 is 34.4 Å². The van der Waals surface area contributed by atoms with Crippen molar-refractivity contribution in [2.24, 2.45) is 5.92 Å². The first-order valence-corrected chi connectivity index (χ1v) is 7.64. The number of anilines is 1. The van der Waals surface area contributed by atoms with Gasteiger partial charge in [0.05, 0.1) is 6.61 Å². The fourth-order valence-corrected chi connectivity index (χ4v) is 2.61. The van der Waals surface area contributed by atoms with Crippen molar-refractivity contribution < 1.29 is 24.5 Å². The number of nitrogens with one attached hydrogen (secondary N) is 1. The summed E-state index contributed by atoms with van der Waals surface area (Å²) in [6.45, 7) is 0.445. The molecule has 8 nitrogen and oxygen atoms in total. The maximum absolute atomic E-state index is 12.1. The maximum atomic E-state index is 12.1. The van der Waals surface area contributed by atoms with Crippen LogP contribution >= 0.6 is 0 Å². The first kappa shape index (κ1) is 16.6. The first-order chi connectivity index (χ1) is 11.9. The molecule has 1 aliphatic rings. The van der Waals surface area contributed by atoms with Gasteiger partial charge in [-0.3, -0.25) is 4.79 Å². The topological polar surface area (TPSA) is 143 Å². The van der Waals surface area contributed by atoms with Crippen LogP contribution in [0.2, 0.25) is 0 Å². The van der Waals surface area contributed by atoms with Gasteiger partial charge in [-0.1, -0.05) is 18.2 Å². The van der Waals surface area contributed by atoms with Gasteiger partial charge in [-0.2, -0.15) is 0 Å². The van der Waals surface area contributed by atoms with E-state index in [-0.39, 0.29) is 11.1 Å². The second kappa shape index (κ2) is 6.31. The van der Waals surface area contributed by atoms with Crippen LogP contribution in [0.15, 0.2) is 29.1 Å². The SMILES string of the molecule is Nc1[nH]c(=O)c(C(=O)O)c(-c2ccccc2OCC2CC2)c1C(=O)O. The van der Waals surface area contributed by atoms with Gasteiger partial charge in [0.15, 0.2) is 0 Å². The van der Waals surface area contributed by atoms with Crippen molar-refractivity contribution in [1.82, 2.24) is 4.98 Å². The largest absolute Gasteiger partial charge is 0.493 e. The number of aromatic carboxylic acids is 2. The molecule has 3 rings (SSSR count). The van der Waals surface area contributed by atoms with Crippen molar-refractivity contribution in [3.05, 3.63) is 45.7 Å². The zero-order valence-electron chi connectivity index (χ0n) is 13.1. The summed E-state index contributed by atoms with van der Waals surface area (Å²) in [5.41, 5.74) is 3.46. The standard InChI is InChI=1S/C17H16N2O6/c18-14-12(16(21)22)11(13(17(23)24)15(20)19-14)9-3-1-2-4-10(9)25-7-8-5-6-8/h1-4,8H,5-7H2,(H,21,22)(H,23,24)(H3,18,19,20). The lowest BCUT2D eigenvalue weighted by Crippen LogP contribution is -2.24. The Balaban J connectivity index is 2.27. The molecule has 0 bridgehead atoms. The summed E-state index contributed by atoms with van der Waals surface area (Å²) in [5.74, 6) is -2.65. The molecule has 0 unspecified atom stereocenters. The van der Waals surface area contributed by atoms with Gasteiger partial charge < -0.3 is 25.7 Å². The number of rotatable bonds is 6. The minimum absolute atomic E-state index is 0.204. The third-order valence-electron chi connectivity index (χ3n) is 4.00. The summed E-state index contributed by atoms with van der Waals surface area (Å²) in [5, 5.41) is 18.9. The van der Waals surface area contributed by atoms with Crippen molar-refractivity contribution in [1.29, 1.82) is 0 Å². The molecule has 0 saturated heterocycles. The van der Waals surface area contributed by atoms with Gasteiger partial charge in [0.1, 0.15) is 22.7 Å². The van der Waals surface area contributed by atoms with E-state index in [0.717, 1.165) is 12.8 Å². The van der Waals surface area contributed by atoms with Crippen molar-refractivity contribution >= 4 is 17.8 Å². The van der Waals surface area contributed by atoms with E-state index in [1.165, 1.54) is 6.07 Å². The van der Waals surface area contributed by atoms with Crippen molar-refractivity contribution in [3.63, 3.8) is 0 Å². The Morgan fingerprint density at radius 2 is 1.80 bits per heavy atom. The quantitative estimate of drug-likeness (QED) is 0.625. The fourth-order valence-electron chi connectivity index (χ4n) is 2.61. The minimum Gasteiger partial charge on any atom is -0.493 e. The number of H-pyrrole nitrogens is 1. The molecular weight excluding hydrogens is 328 g/mol. The van der Waals surface area contributed by atoms with Crippen molar-refractivity contribution in [3.8, 4) is 16.9 Å². The number of aromatic nitrogens is 1. The highest BCUT2D eigenvalue weighted by molar-refractivity contribution is 6.08. The van der Waals surface area contributed by atoms with Gasteiger partial charge in [-0.15, -0.1) is 0 Å². The monoisotopic (exact) mass is 344 g/mol. The molecule has 1 aromatic carbocycles. The van der Waals surface area contributed by atoms with Gasteiger partial charge in [0.25, 0.3) is 5.56 Å². The van der Waals surface area contributed by atoms with E-state index in [9.17, 15) is 24.6 Å². The lowest BCUT2D eigenvalue weighted by Gasteiger charge is -2.16. The molecule has 0 spiro atoms. The summed E-state index contributed by atoms with van der Waals surface area (Å²) in [6.07, 6.45) is 2.11. The molecule has 2 aromatic rings. The van der Waals surface area contributed by atoms with Crippen LogP contribution in [-0.2, 0) is 0 Å². The zero-order chi connectivity index (χ0) is 18.1.